The summed E-state index contributed by atoms with van der Waals surface area (Å²) >= 11 is 0. The Morgan fingerprint density at radius 1 is 1.19 bits per heavy atom. The van der Waals surface area contributed by atoms with E-state index >= 15 is 0 Å². The number of fused-ring (bicyclic) bond motifs is 2. The van der Waals surface area contributed by atoms with Crippen LogP contribution in [0.2, 0.25) is 0 Å². The van der Waals surface area contributed by atoms with E-state index in [4.69, 9.17) is 4.74 Å². The molecule has 0 spiro atoms. The zero-order chi connectivity index (χ0) is 17.7. The van der Waals surface area contributed by atoms with Crippen LogP contribution in [-0.4, -0.2) is 48.8 Å². The van der Waals surface area contributed by atoms with E-state index in [-0.39, 0.29) is 0 Å². The number of aryl methyl sites for hydroxylation is 1. The van der Waals surface area contributed by atoms with Crippen molar-refractivity contribution in [1.82, 2.24) is 29.6 Å². The molecular formula is C18H19N7O. The van der Waals surface area contributed by atoms with E-state index in [1.165, 1.54) is 0 Å². The predicted octanol–water partition coefficient (Wildman–Crippen LogP) is 2.27. The highest BCUT2D eigenvalue weighted by molar-refractivity contribution is 5.87. The van der Waals surface area contributed by atoms with Crippen LogP contribution in [0.4, 0.5) is 5.95 Å². The molecule has 4 aromatic rings. The standard InChI is InChI=1S/C18H19N7O/c1-24-16-7-11(3-4-15(16)21-23-24)14-5-6-25-17(14)10-19-18(22-25)20-12-8-13(9-12)26-2/h3-7,10,12-13H,8-9H2,1-2H3,(H,20,22)/t12-,13-. The molecule has 8 heteroatoms. The molecule has 1 fully saturated rings. The van der Waals surface area contributed by atoms with Crippen molar-refractivity contribution in [3.63, 3.8) is 0 Å². The summed E-state index contributed by atoms with van der Waals surface area (Å²) in [5.41, 5.74) is 5.03. The lowest BCUT2D eigenvalue weighted by Gasteiger charge is -2.34. The largest absolute Gasteiger partial charge is 0.381 e. The van der Waals surface area contributed by atoms with Gasteiger partial charge in [0.2, 0.25) is 5.95 Å². The van der Waals surface area contributed by atoms with Gasteiger partial charge in [0.25, 0.3) is 0 Å². The number of nitrogens with one attached hydrogen (secondary N) is 1. The smallest absolute Gasteiger partial charge is 0.241 e. The Labute approximate surface area is 149 Å². The van der Waals surface area contributed by atoms with Gasteiger partial charge in [0, 0.05) is 32.0 Å². The van der Waals surface area contributed by atoms with Gasteiger partial charge in [-0.3, -0.25) is 0 Å². The number of nitrogens with zero attached hydrogens (tertiary/aromatic N) is 6. The molecule has 132 valence electrons. The summed E-state index contributed by atoms with van der Waals surface area (Å²) in [4.78, 5) is 4.49. The first kappa shape index (κ1) is 15.3. The van der Waals surface area contributed by atoms with Crippen molar-refractivity contribution in [2.75, 3.05) is 12.4 Å². The third-order valence-electron chi connectivity index (χ3n) is 5.10. The number of aromatic nitrogens is 6. The Balaban J connectivity index is 1.46. The zero-order valence-corrected chi connectivity index (χ0v) is 14.6. The normalized spacial score (nSPS) is 19.8. The Morgan fingerprint density at radius 2 is 2.08 bits per heavy atom. The molecule has 3 heterocycles. The maximum Gasteiger partial charge on any atom is 0.241 e. The number of rotatable bonds is 4. The number of hydrogen-bond acceptors (Lipinski definition) is 6. The van der Waals surface area contributed by atoms with Crippen LogP contribution in [0.5, 0.6) is 0 Å². The van der Waals surface area contributed by atoms with E-state index in [2.05, 4.69) is 43.9 Å². The summed E-state index contributed by atoms with van der Waals surface area (Å²) in [6.07, 6.45) is 6.16. The van der Waals surface area contributed by atoms with Crippen molar-refractivity contribution < 1.29 is 4.74 Å². The highest BCUT2D eigenvalue weighted by Crippen LogP contribution is 2.29. The Kier molecular flexibility index (Phi) is 3.39. The van der Waals surface area contributed by atoms with E-state index in [9.17, 15) is 0 Å². The molecule has 1 N–H and O–H groups in total. The van der Waals surface area contributed by atoms with Crippen molar-refractivity contribution in [3.8, 4) is 11.1 Å². The van der Waals surface area contributed by atoms with E-state index in [0.717, 1.165) is 40.5 Å². The first-order valence-electron chi connectivity index (χ1n) is 8.65. The molecule has 3 aromatic heterocycles. The van der Waals surface area contributed by atoms with Gasteiger partial charge in [-0.2, -0.15) is 0 Å². The molecule has 26 heavy (non-hydrogen) atoms. The summed E-state index contributed by atoms with van der Waals surface area (Å²) in [7, 11) is 3.65. The zero-order valence-electron chi connectivity index (χ0n) is 14.6. The van der Waals surface area contributed by atoms with Gasteiger partial charge >= 0.3 is 0 Å². The van der Waals surface area contributed by atoms with E-state index in [1.54, 1.807) is 11.8 Å². The van der Waals surface area contributed by atoms with Crippen molar-refractivity contribution in [3.05, 3.63) is 36.7 Å². The van der Waals surface area contributed by atoms with Crippen LogP contribution in [0.15, 0.2) is 36.7 Å². The van der Waals surface area contributed by atoms with E-state index in [1.807, 2.05) is 30.0 Å². The fourth-order valence-electron chi connectivity index (χ4n) is 3.47. The third-order valence-corrected chi connectivity index (χ3v) is 5.10. The quantitative estimate of drug-likeness (QED) is 0.609. The van der Waals surface area contributed by atoms with Crippen molar-refractivity contribution in [1.29, 1.82) is 0 Å². The maximum atomic E-state index is 5.31. The summed E-state index contributed by atoms with van der Waals surface area (Å²) in [5, 5.41) is 16.2. The van der Waals surface area contributed by atoms with Gasteiger partial charge in [0.1, 0.15) is 5.52 Å². The van der Waals surface area contributed by atoms with Gasteiger partial charge in [-0.15, -0.1) is 10.2 Å². The number of hydrogen-bond donors (Lipinski definition) is 1. The first-order chi connectivity index (χ1) is 12.7. The highest BCUT2D eigenvalue weighted by Gasteiger charge is 2.29. The van der Waals surface area contributed by atoms with Crippen LogP contribution >= 0.6 is 0 Å². The number of ether oxygens (including phenoxy) is 1. The fourth-order valence-corrected chi connectivity index (χ4v) is 3.47. The molecule has 1 aliphatic rings. The van der Waals surface area contributed by atoms with E-state index in [0.29, 0.717) is 18.1 Å². The molecule has 1 aromatic carbocycles. The Hall–Kier alpha value is -3.00. The minimum absolute atomic E-state index is 0.353. The second kappa shape index (κ2) is 5.77. The predicted molar refractivity (Wildman–Crippen MR) is 97.9 cm³/mol. The summed E-state index contributed by atoms with van der Waals surface area (Å²) in [6.45, 7) is 0. The molecule has 0 amide bonds. The third kappa shape index (κ3) is 2.41. The number of anilines is 1. The lowest BCUT2D eigenvalue weighted by atomic mass is 9.89. The van der Waals surface area contributed by atoms with Gasteiger partial charge in [0.05, 0.1) is 23.3 Å². The van der Waals surface area contributed by atoms with Crippen LogP contribution in [0.1, 0.15) is 12.8 Å². The van der Waals surface area contributed by atoms with Gasteiger partial charge in [-0.1, -0.05) is 11.3 Å². The molecular weight excluding hydrogens is 330 g/mol. The minimum atomic E-state index is 0.353. The van der Waals surface area contributed by atoms with Crippen LogP contribution in [-0.2, 0) is 11.8 Å². The van der Waals surface area contributed by atoms with Gasteiger partial charge in [-0.05, 0) is 36.6 Å². The average molecular weight is 349 g/mol. The average Bonchev–Trinajstić information content (AvgIpc) is 3.21. The first-order valence-corrected chi connectivity index (χ1v) is 8.65. The van der Waals surface area contributed by atoms with Crippen molar-refractivity contribution in [2.45, 2.75) is 25.0 Å². The summed E-state index contributed by atoms with van der Waals surface area (Å²) in [6, 6.07) is 8.57. The summed E-state index contributed by atoms with van der Waals surface area (Å²) < 4.78 is 8.96. The molecule has 1 saturated carbocycles. The molecule has 0 radical (unpaired) electrons. The molecule has 0 saturated heterocycles. The molecule has 0 bridgehead atoms. The minimum Gasteiger partial charge on any atom is -0.381 e. The number of methoxy groups -OCH3 is 1. The van der Waals surface area contributed by atoms with Gasteiger partial charge < -0.3 is 10.1 Å². The van der Waals surface area contributed by atoms with Gasteiger partial charge in [-0.25, -0.2) is 14.2 Å². The van der Waals surface area contributed by atoms with Crippen LogP contribution in [0.3, 0.4) is 0 Å². The SMILES string of the molecule is CO[C@H]1C[C@H](Nc2ncc3c(-c4ccc5nnn(C)c5c4)ccn3n2)C1. The highest BCUT2D eigenvalue weighted by atomic mass is 16.5. The monoisotopic (exact) mass is 349 g/mol. The van der Waals surface area contributed by atoms with Crippen LogP contribution < -0.4 is 5.32 Å². The molecule has 8 nitrogen and oxygen atoms in total. The topological polar surface area (TPSA) is 82.2 Å². The molecule has 0 atom stereocenters. The van der Waals surface area contributed by atoms with Gasteiger partial charge in [0.15, 0.2) is 0 Å². The molecule has 5 rings (SSSR count). The van der Waals surface area contributed by atoms with E-state index < -0.39 is 0 Å². The molecule has 1 aliphatic carbocycles. The lowest BCUT2D eigenvalue weighted by Crippen LogP contribution is -2.40. The second-order valence-electron chi connectivity index (χ2n) is 6.73. The maximum absolute atomic E-state index is 5.31. The number of benzene rings is 1. The Morgan fingerprint density at radius 3 is 2.92 bits per heavy atom. The fraction of sp³-hybridized carbons (Fsp3) is 0.333. The molecule has 0 aliphatic heterocycles. The Bertz CT molecular complexity index is 1090. The van der Waals surface area contributed by atoms with Crippen molar-refractivity contribution in [2.24, 2.45) is 7.05 Å². The van der Waals surface area contributed by atoms with Crippen LogP contribution in [0.25, 0.3) is 27.7 Å². The second-order valence-corrected chi connectivity index (χ2v) is 6.73. The lowest BCUT2D eigenvalue weighted by molar-refractivity contribution is 0.0326. The molecule has 0 unspecified atom stereocenters. The summed E-state index contributed by atoms with van der Waals surface area (Å²) in [5.74, 6) is 0.644. The van der Waals surface area contributed by atoms with Crippen molar-refractivity contribution >= 4 is 22.5 Å². The van der Waals surface area contributed by atoms with Crippen LogP contribution in [0, 0.1) is 0 Å².